The molecule has 0 aliphatic carbocycles. The maximum atomic E-state index is 10.6. The summed E-state index contributed by atoms with van der Waals surface area (Å²) < 4.78 is 101. The van der Waals surface area contributed by atoms with Crippen LogP contribution in [0.4, 0.5) is 62.7 Å². The number of aromatic nitrogens is 3. The molecule has 0 spiro atoms. The molecule has 1 saturated heterocycles. The standard InChI is InChI=1S/C24H28N6O.3C2HF3O2/c1-2-19-14-20(3-4-22(19)31-12-8-17-5-9-25-10-6-17)28-23-7-11-27-24(30-23)29-21-13-18(1)15-26-16-21;3*3-2(4,5)1(6)7/h3-4,7,11,13-17,25H,1-2,5-6,8-10,12H2,(H2,27,28,29,30);3*(H,6,7). The lowest BCUT2D eigenvalue weighted by Crippen LogP contribution is -2.28. The molecule has 0 saturated carbocycles. The molecule has 13 nitrogen and oxygen atoms in total. The number of alkyl halides is 9. The Morgan fingerprint density at radius 2 is 1.35 bits per heavy atom. The van der Waals surface area contributed by atoms with Gasteiger partial charge in [0.2, 0.25) is 5.95 Å². The van der Waals surface area contributed by atoms with Crippen molar-refractivity contribution < 1.29 is 74.0 Å². The number of carbonyl (C=O) groups is 3. The number of rotatable bonds is 4. The minimum atomic E-state index is -5.08. The molecule has 6 N–H and O–H groups in total. The van der Waals surface area contributed by atoms with Crippen LogP contribution in [-0.2, 0) is 27.2 Å². The Bertz CT molecular complexity index is 1580. The molecule has 3 aromatic rings. The van der Waals surface area contributed by atoms with Crippen LogP contribution in [0.15, 0.2) is 48.9 Å². The van der Waals surface area contributed by atoms with E-state index in [0.29, 0.717) is 5.95 Å². The van der Waals surface area contributed by atoms with Gasteiger partial charge in [-0.15, -0.1) is 0 Å². The Labute approximate surface area is 288 Å². The van der Waals surface area contributed by atoms with Gasteiger partial charge in [0.1, 0.15) is 11.6 Å². The zero-order chi connectivity index (χ0) is 39.1. The molecule has 52 heavy (non-hydrogen) atoms. The van der Waals surface area contributed by atoms with Crippen LogP contribution >= 0.6 is 0 Å². The number of nitrogens with one attached hydrogen (secondary N) is 3. The van der Waals surface area contributed by atoms with Crippen molar-refractivity contribution in [2.24, 2.45) is 5.92 Å². The number of piperidine rings is 1. The van der Waals surface area contributed by atoms with Crippen molar-refractivity contribution in [1.29, 1.82) is 0 Å². The van der Waals surface area contributed by atoms with Crippen LogP contribution in [0.5, 0.6) is 5.75 Å². The molecule has 6 bridgehead atoms. The zero-order valence-electron chi connectivity index (χ0n) is 26.6. The maximum Gasteiger partial charge on any atom is 0.490 e. The molecule has 2 aliphatic rings. The van der Waals surface area contributed by atoms with Gasteiger partial charge in [-0.2, -0.15) is 44.5 Å². The summed E-state index contributed by atoms with van der Waals surface area (Å²) in [4.78, 5) is 40.0. The van der Waals surface area contributed by atoms with Crippen molar-refractivity contribution in [3.63, 3.8) is 0 Å². The zero-order valence-corrected chi connectivity index (χ0v) is 26.6. The summed E-state index contributed by atoms with van der Waals surface area (Å²) in [5, 5.41) is 31.4. The summed E-state index contributed by atoms with van der Waals surface area (Å²) in [6, 6.07) is 10.3. The van der Waals surface area contributed by atoms with Gasteiger partial charge < -0.3 is 36.0 Å². The lowest BCUT2D eigenvalue weighted by atomic mass is 9.95. The van der Waals surface area contributed by atoms with E-state index in [1.54, 1.807) is 12.4 Å². The molecule has 1 fully saturated rings. The topological polar surface area (TPSA) is 196 Å². The highest BCUT2D eigenvalue weighted by atomic mass is 19.4. The number of aliphatic carboxylic acids is 3. The van der Waals surface area contributed by atoms with E-state index < -0.39 is 36.4 Å². The Morgan fingerprint density at radius 3 is 1.90 bits per heavy atom. The van der Waals surface area contributed by atoms with Crippen LogP contribution in [0, 0.1) is 5.92 Å². The number of benzene rings is 1. The first-order chi connectivity index (χ1) is 24.1. The van der Waals surface area contributed by atoms with Crippen molar-refractivity contribution in [3.05, 3.63) is 60.0 Å². The normalized spacial score (nSPS) is 14.2. The van der Waals surface area contributed by atoms with Crippen molar-refractivity contribution >= 4 is 41.0 Å². The third kappa shape index (κ3) is 16.1. The molecule has 0 atom stereocenters. The summed E-state index contributed by atoms with van der Waals surface area (Å²) in [5.74, 6) is -5.25. The Kier molecular flexibility index (Phi) is 15.8. The number of hydrogen-bond donors (Lipinski definition) is 6. The van der Waals surface area contributed by atoms with Gasteiger partial charge in [-0.1, -0.05) is 0 Å². The van der Waals surface area contributed by atoms with Crippen LogP contribution in [0.3, 0.4) is 0 Å². The van der Waals surface area contributed by atoms with E-state index in [1.165, 1.54) is 24.0 Å². The number of anilines is 4. The fraction of sp³-hybridized carbons (Fsp3) is 0.400. The molecule has 1 aromatic carbocycles. The number of carboxylic acids is 3. The van der Waals surface area contributed by atoms with Gasteiger partial charge in [0.25, 0.3) is 0 Å². The lowest BCUT2D eigenvalue weighted by Gasteiger charge is -2.23. The van der Waals surface area contributed by atoms with Gasteiger partial charge in [-0.05, 0) is 92.6 Å². The molecule has 0 amide bonds. The van der Waals surface area contributed by atoms with E-state index in [4.69, 9.17) is 34.4 Å². The first-order valence-electron chi connectivity index (χ1n) is 14.8. The van der Waals surface area contributed by atoms with Crippen molar-refractivity contribution in [3.8, 4) is 5.75 Å². The van der Waals surface area contributed by atoms with Crippen molar-refractivity contribution in [1.82, 2.24) is 20.3 Å². The lowest BCUT2D eigenvalue weighted by molar-refractivity contribution is -0.193. The number of hydrogen-bond acceptors (Lipinski definition) is 10. The molecule has 22 heteroatoms. The molecule has 0 unspecified atom stereocenters. The summed E-state index contributed by atoms with van der Waals surface area (Å²) in [6.45, 7) is 3.02. The molecular weight excluding hydrogens is 727 g/mol. The van der Waals surface area contributed by atoms with Gasteiger partial charge in [0.05, 0.1) is 18.5 Å². The van der Waals surface area contributed by atoms with Gasteiger partial charge in [0.15, 0.2) is 0 Å². The van der Waals surface area contributed by atoms with Crippen LogP contribution in [0.25, 0.3) is 0 Å². The summed E-state index contributed by atoms with van der Waals surface area (Å²) >= 11 is 0. The average molecular weight is 759 g/mol. The summed E-state index contributed by atoms with van der Waals surface area (Å²) in [7, 11) is 0. The Hall–Kier alpha value is -5.41. The molecular formula is C30H31F9N6O7. The molecule has 0 radical (unpaired) electrons. The van der Waals surface area contributed by atoms with E-state index in [9.17, 15) is 39.5 Å². The molecule has 4 heterocycles. The fourth-order valence-electron chi connectivity index (χ4n) is 4.24. The SMILES string of the molecule is O=C(O)C(F)(F)F.O=C(O)C(F)(F)F.O=C(O)C(F)(F)F.c1cc2nc(n1)Nc1cncc(c1)CCc1cc(ccc1OCCC1CCNCC1)N2. The number of ether oxygens (including phenoxy) is 1. The molecule has 2 aliphatic heterocycles. The number of nitrogens with zero attached hydrogens (tertiary/aromatic N) is 3. The van der Waals surface area contributed by atoms with Crippen molar-refractivity contribution in [2.75, 3.05) is 30.3 Å². The quantitative estimate of drug-likeness (QED) is 0.167. The Morgan fingerprint density at radius 1 is 0.769 bits per heavy atom. The third-order valence-corrected chi connectivity index (χ3v) is 6.69. The second-order valence-corrected chi connectivity index (χ2v) is 10.7. The molecule has 5 rings (SSSR count). The van der Waals surface area contributed by atoms with Gasteiger partial charge in [0, 0.05) is 18.1 Å². The number of fused-ring (bicyclic) bond motifs is 6. The highest BCUT2D eigenvalue weighted by molar-refractivity contribution is 5.73. The number of halogens is 9. The summed E-state index contributed by atoms with van der Waals surface area (Å²) in [5.41, 5.74) is 4.25. The van der Waals surface area contributed by atoms with Gasteiger partial charge in [-0.25, -0.2) is 19.4 Å². The second-order valence-electron chi connectivity index (χ2n) is 10.7. The number of pyridine rings is 1. The van der Waals surface area contributed by atoms with Crippen LogP contribution in [-0.4, -0.2) is 86.4 Å². The average Bonchev–Trinajstić information content (AvgIpc) is 3.05. The van der Waals surface area contributed by atoms with E-state index in [2.05, 4.69) is 55.2 Å². The number of aryl methyl sites for hydroxylation is 2. The minimum Gasteiger partial charge on any atom is -0.493 e. The highest BCUT2D eigenvalue weighted by Gasteiger charge is 2.39. The predicted octanol–water partition coefficient (Wildman–Crippen LogP) is 6.13. The van der Waals surface area contributed by atoms with E-state index in [-0.39, 0.29) is 0 Å². The van der Waals surface area contributed by atoms with E-state index in [1.807, 2.05) is 12.3 Å². The molecule has 286 valence electrons. The van der Waals surface area contributed by atoms with Crippen LogP contribution in [0.1, 0.15) is 30.4 Å². The van der Waals surface area contributed by atoms with E-state index in [0.717, 1.165) is 67.8 Å². The highest BCUT2D eigenvalue weighted by Crippen LogP contribution is 2.28. The molecule has 2 aromatic heterocycles. The first kappa shape index (κ1) is 42.8. The fourth-order valence-corrected chi connectivity index (χ4v) is 4.24. The summed E-state index contributed by atoms with van der Waals surface area (Å²) in [6.07, 6.45) is -4.42. The monoisotopic (exact) mass is 758 g/mol. The largest absolute Gasteiger partial charge is 0.493 e. The van der Waals surface area contributed by atoms with Crippen LogP contribution in [0.2, 0.25) is 0 Å². The maximum absolute atomic E-state index is 10.6. The van der Waals surface area contributed by atoms with Crippen molar-refractivity contribution in [2.45, 2.75) is 50.6 Å². The second kappa shape index (κ2) is 19.3. The Balaban J connectivity index is 0.000000365. The van der Waals surface area contributed by atoms with E-state index >= 15 is 0 Å². The van der Waals surface area contributed by atoms with Gasteiger partial charge >= 0.3 is 36.4 Å². The van der Waals surface area contributed by atoms with Gasteiger partial charge in [-0.3, -0.25) is 4.98 Å². The predicted molar refractivity (Wildman–Crippen MR) is 163 cm³/mol. The van der Waals surface area contributed by atoms with Crippen LogP contribution < -0.4 is 20.7 Å². The smallest absolute Gasteiger partial charge is 0.490 e. The number of carboxylic acid groups (broad SMARTS) is 3. The third-order valence-electron chi connectivity index (χ3n) is 6.69. The minimum absolute atomic E-state index is 0.543. The first-order valence-corrected chi connectivity index (χ1v) is 14.8.